The Labute approximate surface area is 114 Å². The van der Waals surface area contributed by atoms with Crippen molar-refractivity contribution in [3.63, 3.8) is 0 Å². The van der Waals surface area contributed by atoms with E-state index in [2.05, 4.69) is 22.9 Å². The van der Waals surface area contributed by atoms with Crippen molar-refractivity contribution in [3.05, 3.63) is 28.8 Å². The Kier molecular flexibility index (Phi) is 4.87. The van der Waals surface area contributed by atoms with Crippen LogP contribution in [0.1, 0.15) is 5.56 Å². The molecule has 1 saturated heterocycles. The van der Waals surface area contributed by atoms with Crippen molar-refractivity contribution < 1.29 is 4.74 Å². The van der Waals surface area contributed by atoms with E-state index in [0.29, 0.717) is 11.6 Å². The lowest BCUT2D eigenvalue weighted by Gasteiger charge is -2.32. The van der Waals surface area contributed by atoms with Crippen molar-refractivity contribution in [2.75, 3.05) is 46.4 Å². The minimum absolute atomic E-state index is 0.677. The molecule has 99 valence electrons. The van der Waals surface area contributed by atoms with Gasteiger partial charge in [0, 0.05) is 32.7 Å². The van der Waals surface area contributed by atoms with Crippen LogP contribution in [0.15, 0.2) is 12.1 Å². The summed E-state index contributed by atoms with van der Waals surface area (Å²) in [5, 5.41) is 0.677. The molecule has 1 heterocycles. The first-order valence-electron chi connectivity index (χ1n) is 6.37. The zero-order valence-electron chi connectivity index (χ0n) is 11.1. The van der Waals surface area contributed by atoms with Crippen LogP contribution in [0.5, 0.6) is 5.75 Å². The number of piperazine rings is 1. The number of benzene rings is 1. The normalized spacial score (nSPS) is 17.9. The molecule has 3 nitrogen and oxygen atoms in total. The number of likely N-dealkylation sites (N-methyl/N-ethyl adjacent to an activating group) is 1. The topological polar surface area (TPSA) is 15.7 Å². The highest BCUT2D eigenvalue weighted by Gasteiger charge is 2.13. The minimum Gasteiger partial charge on any atom is -0.491 e. The largest absolute Gasteiger partial charge is 0.491 e. The molecular formula is C14H20ClN2O. The lowest BCUT2D eigenvalue weighted by Crippen LogP contribution is -2.45. The maximum atomic E-state index is 6.16. The fourth-order valence-corrected chi connectivity index (χ4v) is 2.20. The van der Waals surface area contributed by atoms with Gasteiger partial charge in [-0.25, -0.2) is 0 Å². The van der Waals surface area contributed by atoms with E-state index >= 15 is 0 Å². The number of hydrogen-bond donors (Lipinski definition) is 0. The lowest BCUT2D eigenvalue weighted by atomic mass is 10.2. The molecule has 0 atom stereocenters. The minimum atomic E-state index is 0.677. The van der Waals surface area contributed by atoms with E-state index in [1.165, 1.54) is 0 Å². The van der Waals surface area contributed by atoms with Crippen molar-refractivity contribution in [1.29, 1.82) is 0 Å². The molecule has 1 aliphatic rings. The Morgan fingerprint density at radius 2 is 2.06 bits per heavy atom. The van der Waals surface area contributed by atoms with Crippen LogP contribution in [-0.2, 0) is 0 Å². The average Bonchev–Trinajstić information content (AvgIpc) is 2.37. The summed E-state index contributed by atoms with van der Waals surface area (Å²) in [5.74, 6) is 0.766. The molecule has 0 aromatic heterocycles. The molecule has 0 unspecified atom stereocenters. The van der Waals surface area contributed by atoms with Crippen LogP contribution in [0.25, 0.3) is 0 Å². The number of hydrogen-bond acceptors (Lipinski definition) is 3. The molecule has 0 spiro atoms. The smallest absolute Gasteiger partial charge is 0.138 e. The van der Waals surface area contributed by atoms with Crippen molar-refractivity contribution >= 4 is 11.6 Å². The van der Waals surface area contributed by atoms with Crippen LogP contribution >= 0.6 is 11.6 Å². The van der Waals surface area contributed by atoms with Crippen LogP contribution in [0.3, 0.4) is 0 Å². The highest BCUT2D eigenvalue weighted by atomic mass is 35.5. The Morgan fingerprint density at radius 1 is 1.33 bits per heavy atom. The Hall–Kier alpha value is -0.770. The standard InChI is InChI=1S/C14H20ClN2O/c1-12-4-3-5-13(14(12)15)18-11-10-17-8-6-16(2)7-9-17/h3,5H,6-11H2,1-2H3. The summed E-state index contributed by atoms with van der Waals surface area (Å²) < 4.78 is 5.74. The number of rotatable bonds is 4. The Bertz CT molecular complexity index is 389. The monoisotopic (exact) mass is 267 g/mol. The van der Waals surface area contributed by atoms with Gasteiger partial charge in [-0.15, -0.1) is 0 Å². The van der Waals surface area contributed by atoms with Crippen molar-refractivity contribution in [3.8, 4) is 5.75 Å². The molecule has 1 aromatic rings. The SMILES string of the molecule is Cc1[c]ccc(OCCN2CCN(C)CC2)c1Cl. The highest BCUT2D eigenvalue weighted by Crippen LogP contribution is 2.26. The fourth-order valence-electron chi connectivity index (χ4n) is 2.03. The first-order chi connectivity index (χ1) is 8.66. The molecule has 1 aromatic carbocycles. The number of nitrogens with zero attached hydrogens (tertiary/aromatic N) is 2. The molecule has 0 aliphatic carbocycles. The molecule has 0 saturated carbocycles. The van der Waals surface area contributed by atoms with Gasteiger partial charge in [0.05, 0.1) is 5.02 Å². The first-order valence-corrected chi connectivity index (χ1v) is 6.75. The van der Waals surface area contributed by atoms with Crippen LogP contribution in [0, 0.1) is 13.0 Å². The van der Waals surface area contributed by atoms with Crippen molar-refractivity contribution in [2.24, 2.45) is 0 Å². The van der Waals surface area contributed by atoms with Gasteiger partial charge in [-0.2, -0.15) is 0 Å². The third-order valence-corrected chi connectivity index (χ3v) is 3.81. The summed E-state index contributed by atoms with van der Waals surface area (Å²) in [6, 6.07) is 6.78. The Balaban J connectivity index is 1.77. The lowest BCUT2D eigenvalue weighted by molar-refractivity contribution is 0.134. The molecule has 4 heteroatoms. The van der Waals surface area contributed by atoms with Gasteiger partial charge in [-0.3, -0.25) is 4.90 Å². The van der Waals surface area contributed by atoms with Gasteiger partial charge in [-0.05, 0) is 31.7 Å². The van der Waals surface area contributed by atoms with E-state index in [-0.39, 0.29) is 0 Å². The maximum absolute atomic E-state index is 6.16. The van der Waals surface area contributed by atoms with Crippen molar-refractivity contribution in [1.82, 2.24) is 9.80 Å². The van der Waals surface area contributed by atoms with Gasteiger partial charge in [-0.1, -0.05) is 17.7 Å². The highest BCUT2D eigenvalue weighted by molar-refractivity contribution is 6.32. The second-order valence-corrected chi connectivity index (χ2v) is 5.15. The van der Waals surface area contributed by atoms with Gasteiger partial charge in [0.2, 0.25) is 0 Å². The van der Waals surface area contributed by atoms with Gasteiger partial charge in [0.15, 0.2) is 0 Å². The Morgan fingerprint density at radius 3 is 2.78 bits per heavy atom. The predicted octanol–water partition coefficient (Wildman–Crippen LogP) is 2.07. The zero-order chi connectivity index (χ0) is 13.0. The summed E-state index contributed by atoms with van der Waals surface area (Å²) in [4.78, 5) is 4.78. The van der Waals surface area contributed by atoms with E-state index in [4.69, 9.17) is 16.3 Å². The molecular weight excluding hydrogens is 248 g/mol. The van der Waals surface area contributed by atoms with Crippen molar-refractivity contribution in [2.45, 2.75) is 6.92 Å². The predicted molar refractivity (Wildman–Crippen MR) is 74.5 cm³/mol. The molecule has 2 rings (SSSR count). The summed E-state index contributed by atoms with van der Waals surface area (Å²) in [5.41, 5.74) is 0.939. The second kappa shape index (κ2) is 6.41. The van der Waals surface area contributed by atoms with Crippen LogP contribution < -0.4 is 4.74 Å². The molecule has 0 N–H and O–H groups in total. The molecule has 1 aliphatic heterocycles. The van der Waals surface area contributed by atoms with Gasteiger partial charge >= 0.3 is 0 Å². The molecule has 1 fully saturated rings. The third kappa shape index (κ3) is 3.61. The molecule has 18 heavy (non-hydrogen) atoms. The third-order valence-electron chi connectivity index (χ3n) is 3.34. The zero-order valence-corrected chi connectivity index (χ0v) is 11.8. The van der Waals surface area contributed by atoms with Gasteiger partial charge in [0.1, 0.15) is 12.4 Å². The van der Waals surface area contributed by atoms with Crippen LogP contribution in [-0.4, -0.2) is 56.2 Å². The quantitative estimate of drug-likeness (QED) is 0.831. The van der Waals surface area contributed by atoms with Gasteiger partial charge < -0.3 is 9.64 Å². The van der Waals surface area contributed by atoms with Crippen LogP contribution in [0.2, 0.25) is 5.02 Å². The molecule has 0 amide bonds. The fraction of sp³-hybridized carbons (Fsp3) is 0.571. The number of aryl methyl sites for hydroxylation is 1. The summed E-state index contributed by atoms with van der Waals surface area (Å²) in [6.45, 7) is 8.11. The summed E-state index contributed by atoms with van der Waals surface area (Å²) >= 11 is 6.16. The average molecular weight is 268 g/mol. The number of ether oxygens (including phenoxy) is 1. The first kappa shape index (κ1) is 13.7. The van der Waals surface area contributed by atoms with Crippen LogP contribution in [0.4, 0.5) is 0 Å². The summed E-state index contributed by atoms with van der Waals surface area (Å²) in [7, 11) is 2.16. The second-order valence-electron chi connectivity index (χ2n) is 4.77. The number of halogens is 1. The maximum Gasteiger partial charge on any atom is 0.138 e. The van der Waals surface area contributed by atoms with Gasteiger partial charge in [0.25, 0.3) is 0 Å². The summed E-state index contributed by atoms with van der Waals surface area (Å²) in [6.07, 6.45) is 0. The van der Waals surface area contributed by atoms with E-state index in [9.17, 15) is 0 Å². The van der Waals surface area contributed by atoms with E-state index in [1.807, 2.05) is 19.1 Å². The molecule has 1 radical (unpaired) electrons. The molecule has 0 bridgehead atoms. The van der Waals surface area contributed by atoms with E-state index in [1.54, 1.807) is 0 Å². The van der Waals surface area contributed by atoms with E-state index in [0.717, 1.165) is 44.0 Å². The van der Waals surface area contributed by atoms with E-state index < -0.39 is 0 Å².